The molecule has 8 heteroatoms. The summed E-state index contributed by atoms with van der Waals surface area (Å²) in [5.41, 5.74) is 5.70. The van der Waals surface area contributed by atoms with Crippen LogP contribution in [0.5, 0.6) is 0 Å². The van der Waals surface area contributed by atoms with Crippen molar-refractivity contribution in [2.45, 2.75) is 38.5 Å². The Balaban J connectivity index is 1.26. The molecule has 4 heterocycles. The molecular formula is C27H29ClN4O3. The molecule has 1 saturated heterocycles. The number of aryl methyl sites for hydroxylation is 1. The van der Waals surface area contributed by atoms with E-state index in [0.717, 1.165) is 60.4 Å². The quantitative estimate of drug-likeness (QED) is 0.292. The third-order valence-corrected chi connectivity index (χ3v) is 7.11. The number of oxime groups is 1. The molecule has 0 radical (unpaired) electrons. The molecule has 0 N–H and O–H groups in total. The molecule has 7 nitrogen and oxygen atoms in total. The van der Waals surface area contributed by atoms with E-state index in [2.05, 4.69) is 39.3 Å². The van der Waals surface area contributed by atoms with E-state index >= 15 is 0 Å². The standard InChI is InChI=1S/C27H29ClN4O3/c1-3-35-30-26(21-8-9-24(28)29-15-21)20-6-4-19(5-7-20)16-32-12-10-27(11-13-32)23-14-25(33)31(2)17-22(23)18-34-27/h4-9,14-15,17H,3,10-13,16,18H2,1-2H3. The average molecular weight is 493 g/mol. The zero-order chi connectivity index (χ0) is 24.4. The molecule has 1 fully saturated rings. The Labute approximate surface area is 209 Å². The summed E-state index contributed by atoms with van der Waals surface area (Å²) in [6.45, 7) is 5.68. The van der Waals surface area contributed by atoms with Gasteiger partial charge in [0.15, 0.2) is 0 Å². The number of fused-ring (bicyclic) bond motifs is 2. The average Bonchev–Trinajstić information content (AvgIpc) is 3.20. The van der Waals surface area contributed by atoms with Gasteiger partial charge in [-0.3, -0.25) is 9.69 Å². The lowest BCUT2D eigenvalue weighted by molar-refractivity contribution is -0.0799. The normalized spacial score (nSPS) is 17.5. The Bertz CT molecular complexity index is 1280. The Morgan fingerprint density at radius 3 is 2.60 bits per heavy atom. The molecule has 0 aliphatic carbocycles. The fourth-order valence-corrected chi connectivity index (χ4v) is 5.06. The summed E-state index contributed by atoms with van der Waals surface area (Å²) < 4.78 is 7.90. The van der Waals surface area contributed by atoms with Crippen molar-refractivity contribution >= 4 is 17.3 Å². The number of benzene rings is 1. The SMILES string of the molecule is CCON=C(c1ccc(CN2CCC3(CC2)OCc2cn(C)c(=O)cc23)cc1)c1ccc(Cl)nc1. The van der Waals surface area contributed by atoms with Crippen LogP contribution in [0.3, 0.4) is 0 Å². The van der Waals surface area contributed by atoms with Crippen LogP contribution in [0.15, 0.2) is 64.8 Å². The predicted octanol–water partition coefficient (Wildman–Crippen LogP) is 4.24. The van der Waals surface area contributed by atoms with Crippen molar-refractivity contribution in [3.63, 3.8) is 0 Å². The Morgan fingerprint density at radius 1 is 1.17 bits per heavy atom. The zero-order valence-corrected chi connectivity index (χ0v) is 20.8. The summed E-state index contributed by atoms with van der Waals surface area (Å²) in [5.74, 6) is 0. The second-order valence-electron chi connectivity index (χ2n) is 9.14. The van der Waals surface area contributed by atoms with Crippen LogP contribution in [0.2, 0.25) is 5.15 Å². The number of nitrogens with zero attached hydrogens (tertiary/aromatic N) is 4. The molecule has 2 aliphatic rings. The van der Waals surface area contributed by atoms with Gasteiger partial charge in [-0.25, -0.2) is 4.98 Å². The first-order chi connectivity index (χ1) is 17.0. The van der Waals surface area contributed by atoms with Crippen molar-refractivity contribution in [3.8, 4) is 0 Å². The maximum atomic E-state index is 12.2. The van der Waals surface area contributed by atoms with Gasteiger partial charge in [0.1, 0.15) is 17.5 Å². The number of rotatable bonds is 6. The molecular weight excluding hydrogens is 464 g/mol. The Kier molecular flexibility index (Phi) is 6.73. The van der Waals surface area contributed by atoms with Gasteiger partial charge >= 0.3 is 0 Å². The smallest absolute Gasteiger partial charge is 0.250 e. The first-order valence-electron chi connectivity index (χ1n) is 11.9. The predicted molar refractivity (Wildman–Crippen MR) is 136 cm³/mol. The lowest BCUT2D eigenvalue weighted by atomic mass is 9.84. The van der Waals surface area contributed by atoms with Gasteiger partial charge in [-0.2, -0.15) is 0 Å². The second-order valence-corrected chi connectivity index (χ2v) is 9.53. The number of likely N-dealkylation sites (tertiary alicyclic amines) is 1. The minimum absolute atomic E-state index is 0.0257. The highest BCUT2D eigenvalue weighted by molar-refractivity contribution is 6.29. The topological polar surface area (TPSA) is 69.0 Å². The van der Waals surface area contributed by atoms with Crippen LogP contribution < -0.4 is 5.56 Å². The van der Waals surface area contributed by atoms with Crippen molar-refractivity contribution in [2.24, 2.45) is 12.2 Å². The second kappa shape index (κ2) is 9.93. The van der Waals surface area contributed by atoms with E-state index in [9.17, 15) is 4.79 Å². The molecule has 5 rings (SSSR count). The number of ether oxygens (including phenoxy) is 1. The van der Waals surface area contributed by atoms with Gasteiger partial charge in [-0.05, 0) is 43.0 Å². The van der Waals surface area contributed by atoms with E-state index in [1.165, 1.54) is 5.56 Å². The van der Waals surface area contributed by atoms with Crippen molar-refractivity contribution in [2.75, 3.05) is 19.7 Å². The monoisotopic (exact) mass is 492 g/mol. The van der Waals surface area contributed by atoms with Crippen molar-refractivity contribution in [1.29, 1.82) is 0 Å². The highest BCUT2D eigenvalue weighted by atomic mass is 35.5. The summed E-state index contributed by atoms with van der Waals surface area (Å²) in [5, 5.41) is 4.76. The van der Waals surface area contributed by atoms with Crippen LogP contribution in [0.1, 0.15) is 47.6 Å². The molecule has 182 valence electrons. The van der Waals surface area contributed by atoms with Gasteiger partial charge in [0.2, 0.25) is 0 Å². The van der Waals surface area contributed by atoms with Gasteiger partial charge in [0.05, 0.1) is 12.2 Å². The van der Waals surface area contributed by atoms with Crippen LogP contribution in [0, 0.1) is 0 Å². The minimum atomic E-state index is -0.319. The number of hydrogen-bond donors (Lipinski definition) is 0. The fourth-order valence-electron chi connectivity index (χ4n) is 4.95. The maximum absolute atomic E-state index is 12.2. The van der Waals surface area contributed by atoms with Crippen LogP contribution in [0.4, 0.5) is 0 Å². The third kappa shape index (κ3) is 4.89. The Morgan fingerprint density at radius 2 is 1.91 bits per heavy atom. The number of hydrogen-bond acceptors (Lipinski definition) is 6. The van der Waals surface area contributed by atoms with Gasteiger partial charge in [0.25, 0.3) is 5.56 Å². The zero-order valence-electron chi connectivity index (χ0n) is 20.0. The number of aromatic nitrogens is 2. The van der Waals surface area contributed by atoms with E-state index < -0.39 is 0 Å². The fraction of sp³-hybridized carbons (Fsp3) is 0.370. The largest absolute Gasteiger partial charge is 0.396 e. The first-order valence-corrected chi connectivity index (χ1v) is 12.3. The Hall–Kier alpha value is -3.00. The molecule has 0 amide bonds. The van der Waals surface area contributed by atoms with Crippen LogP contribution >= 0.6 is 11.6 Å². The molecule has 1 aromatic carbocycles. The molecule has 1 spiro atoms. The van der Waals surface area contributed by atoms with Gasteiger partial charge < -0.3 is 14.1 Å². The van der Waals surface area contributed by atoms with Crippen LogP contribution in [-0.4, -0.2) is 39.9 Å². The molecule has 35 heavy (non-hydrogen) atoms. The lowest BCUT2D eigenvalue weighted by Gasteiger charge is -2.39. The molecule has 0 unspecified atom stereocenters. The molecule has 3 aromatic rings. The first kappa shape index (κ1) is 23.7. The third-order valence-electron chi connectivity index (χ3n) is 6.89. The molecule has 2 aromatic heterocycles. The van der Waals surface area contributed by atoms with Crippen molar-refractivity contribution < 1.29 is 9.57 Å². The van der Waals surface area contributed by atoms with Crippen molar-refractivity contribution in [1.82, 2.24) is 14.5 Å². The van der Waals surface area contributed by atoms with E-state index in [1.54, 1.807) is 29.9 Å². The summed E-state index contributed by atoms with van der Waals surface area (Å²) >= 11 is 5.95. The molecule has 2 aliphatic heterocycles. The number of piperidine rings is 1. The summed E-state index contributed by atoms with van der Waals surface area (Å²) in [4.78, 5) is 24.2. The van der Waals surface area contributed by atoms with E-state index in [1.807, 2.05) is 19.2 Å². The van der Waals surface area contributed by atoms with Crippen LogP contribution in [0.25, 0.3) is 0 Å². The summed E-state index contributed by atoms with van der Waals surface area (Å²) in [6.07, 6.45) is 5.40. The molecule has 0 atom stereocenters. The van der Waals surface area contributed by atoms with Gasteiger partial charge in [-0.15, -0.1) is 0 Å². The minimum Gasteiger partial charge on any atom is -0.396 e. The highest BCUT2D eigenvalue weighted by Gasteiger charge is 2.43. The molecule has 0 saturated carbocycles. The number of pyridine rings is 2. The van der Waals surface area contributed by atoms with E-state index in [-0.39, 0.29) is 11.2 Å². The highest BCUT2D eigenvalue weighted by Crippen LogP contribution is 2.43. The maximum Gasteiger partial charge on any atom is 0.250 e. The van der Waals surface area contributed by atoms with Crippen molar-refractivity contribution in [3.05, 3.63) is 98.2 Å². The number of halogens is 1. The summed E-state index contributed by atoms with van der Waals surface area (Å²) in [7, 11) is 1.79. The summed E-state index contributed by atoms with van der Waals surface area (Å²) in [6, 6.07) is 13.8. The lowest BCUT2D eigenvalue weighted by Crippen LogP contribution is -2.42. The van der Waals surface area contributed by atoms with E-state index in [0.29, 0.717) is 18.4 Å². The molecule has 0 bridgehead atoms. The van der Waals surface area contributed by atoms with Gasteiger partial charge in [0, 0.05) is 61.8 Å². The van der Waals surface area contributed by atoms with E-state index in [4.69, 9.17) is 21.2 Å². The van der Waals surface area contributed by atoms with Crippen LogP contribution in [-0.2, 0) is 35.4 Å². The van der Waals surface area contributed by atoms with Gasteiger partial charge in [-0.1, -0.05) is 41.0 Å².